The van der Waals surface area contributed by atoms with E-state index in [2.05, 4.69) is 35.8 Å². The van der Waals surface area contributed by atoms with Crippen LogP contribution in [0.2, 0.25) is 5.02 Å². The van der Waals surface area contributed by atoms with E-state index in [-0.39, 0.29) is 0 Å². The van der Waals surface area contributed by atoms with Gasteiger partial charge in [-0.05, 0) is 24.3 Å². The van der Waals surface area contributed by atoms with E-state index in [1.165, 1.54) is 13.1 Å². The second-order valence-corrected chi connectivity index (χ2v) is 7.27. The van der Waals surface area contributed by atoms with E-state index in [1.807, 2.05) is 24.3 Å². The molecule has 100 valence electrons. The van der Waals surface area contributed by atoms with E-state index in [9.17, 15) is 0 Å². The van der Waals surface area contributed by atoms with Gasteiger partial charge in [0.15, 0.2) is 0 Å². The Balaban J connectivity index is 1.73. The Morgan fingerprint density at radius 3 is 2.44 bits per heavy atom. The zero-order chi connectivity index (χ0) is 13.0. The second-order valence-electron chi connectivity index (χ2n) is 4.95. The fourth-order valence-electron chi connectivity index (χ4n) is 2.39. The molecule has 1 fully saturated rings. The molecule has 0 radical (unpaired) electrons. The number of thioether (sulfide) groups is 1. The van der Waals surface area contributed by atoms with Crippen molar-refractivity contribution in [2.75, 3.05) is 31.5 Å². The molecule has 0 amide bonds. The molecule has 2 rings (SSSR count). The highest BCUT2D eigenvalue weighted by atomic mass is 35.5. The normalized spacial score (nSPS) is 25.1. The van der Waals surface area contributed by atoms with Gasteiger partial charge < -0.3 is 5.32 Å². The third kappa shape index (κ3) is 4.38. The van der Waals surface area contributed by atoms with Crippen LogP contribution in [0.25, 0.3) is 0 Å². The van der Waals surface area contributed by atoms with Gasteiger partial charge in [0.05, 0.1) is 0 Å². The van der Waals surface area contributed by atoms with Gasteiger partial charge in [0, 0.05) is 47.4 Å². The summed E-state index contributed by atoms with van der Waals surface area (Å²) in [6, 6.07) is 7.90. The van der Waals surface area contributed by atoms with Crippen molar-refractivity contribution in [1.29, 1.82) is 0 Å². The molecule has 2 atom stereocenters. The molecular formula is C14H21ClN2S. The number of rotatable bonds is 4. The van der Waals surface area contributed by atoms with Crippen molar-refractivity contribution in [3.63, 3.8) is 0 Å². The number of hydrogen-bond donors (Lipinski definition) is 1. The van der Waals surface area contributed by atoms with E-state index in [4.69, 9.17) is 11.6 Å². The monoisotopic (exact) mass is 284 g/mol. The van der Waals surface area contributed by atoms with Crippen LogP contribution in [0.3, 0.4) is 0 Å². The number of benzene rings is 1. The first-order chi connectivity index (χ1) is 8.63. The maximum absolute atomic E-state index is 5.86. The van der Waals surface area contributed by atoms with Crippen LogP contribution in [0, 0.1) is 0 Å². The topological polar surface area (TPSA) is 15.3 Å². The van der Waals surface area contributed by atoms with Crippen molar-refractivity contribution in [1.82, 2.24) is 4.90 Å². The van der Waals surface area contributed by atoms with Gasteiger partial charge in [-0.3, -0.25) is 4.90 Å². The molecule has 18 heavy (non-hydrogen) atoms. The number of nitrogens with zero attached hydrogens (tertiary/aromatic N) is 1. The van der Waals surface area contributed by atoms with Crippen molar-refractivity contribution in [2.24, 2.45) is 0 Å². The van der Waals surface area contributed by atoms with Gasteiger partial charge >= 0.3 is 0 Å². The Hall–Kier alpha value is -0.380. The number of halogens is 1. The number of anilines is 1. The van der Waals surface area contributed by atoms with Gasteiger partial charge in [-0.15, -0.1) is 0 Å². The Morgan fingerprint density at radius 2 is 1.83 bits per heavy atom. The summed E-state index contributed by atoms with van der Waals surface area (Å²) < 4.78 is 0. The SMILES string of the molecule is CC1CN(CCNc2ccc(Cl)cc2)CC(C)S1. The Kier molecular flexibility index (Phi) is 5.22. The fourth-order valence-corrected chi connectivity index (χ4v) is 3.91. The smallest absolute Gasteiger partial charge is 0.0407 e. The van der Waals surface area contributed by atoms with Gasteiger partial charge in [0.25, 0.3) is 0 Å². The molecule has 1 saturated heterocycles. The third-order valence-electron chi connectivity index (χ3n) is 3.10. The van der Waals surface area contributed by atoms with Crippen LogP contribution in [0.5, 0.6) is 0 Å². The first-order valence-corrected chi connectivity index (χ1v) is 7.83. The van der Waals surface area contributed by atoms with Gasteiger partial charge in [-0.25, -0.2) is 0 Å². The quantitative estimate of drug-likeness (QED) is 0.910. The fraction of sp³-hybridized carbons (Fsp3) is 0.571. The highest BCUT2D eigenvalue weighted by Crippen LogP contribution is 2.24. The summed E-state index contributed by atoms with van der Waals surface area (Å²) in [5.41, 5.74) is 1.15. The summed E-state index contributed by atoms with van der Waals surface area (Å²) in [5.74, 6) is 0. The summed E-state index contributed by atoms with van der Waals surface area (Å²) in [6.45, 7) is 9.15. The summed E-state index contributed by atoms with van der Waals surface area (Å²) >= 11 is 7.96. The molecule has 1 aliphatic rings. The molecule has 0 spiro atoms. The molecule has 1 aliphatic heterocycles. The predicted octanol–water partition coefficient (Wildman–Crippen LogP) is 3.58. The minimum atomic E-state index is 0.754. The van der Waals surface area contributed by atoms with Crippen molar-refractivity contribution >= 4 is 29.1 Å². The molecule has 0 aliphatic carbocycles. The molecule has 2 unspecified atom stereocenters. The van der Waals surface area contributed by atoms with Crippen LogP contribution in [0.1, 0.15) is 13.8 Å². The summed E-state index contributed by atoms with van der Waals surface area (Å²) in [5, 5.41) is 5.74. The van der Waals surface area contributed by atoms with E-state index in [0.29, 0.717) is 0 Å². The van der Waals surface area contributed by atoms with E-state index in [0.717, 1.165) is 34.3 Å². The lowest BCUT2D eigenvalue weighted by molar-refractivity contribution is 0.281. The Labute approximate surface area is 119 Å². The second kappa shape index (κ2) is 6.69. The number of nitrogens with one attached hydrogen (secondary N) is 1. The number of hydrogen-bond acceptors (Lipinski definition) is 3. The summed E-state index contributed by atoms with van der Waals surface area (Å²) in [7, 11) is 0. The van der Waals surface area contributed by atoms with Crippen molar-refractivity contribution in [2.45, 2.75) is 24.3 Å². The molecule has 1 heterocycles. The van der Waals surface area contributed by atoms with E-state index in [1.54, 1.807) is 0 Å². The average molecular weight is 285 g/mol. The minimum absolute atomic E-state index is 0.754. The highest BCUT2D eigenvalue weighted by Gasteiger charge is 2.21. The molecule has 0 aromatic heterocycles. The van der Waals surface area contributed by atoms with Gasteiger partial charge in [-0.1, -0.05) is 25.4 Å². The lowest BCUT2D eigenvalue weighted by atomic mass is 10.3. The average Bonchev–Trinajstić information content (AvgIpc) is 2.30. The van der Waals surface area contributed by atoms with E-state index >= 15 is 0 Å². The van der Waals surface area contributed by atoms with Crippen LogP contribution in [0.4, 0.5) is 5.69 Å². The molecular weight excluding hydrogens is 264 g/mol. The van der Waals surface area contributed by atoms with Crippen molar-refractivity contribution in [3.05, 3.63) is 29.3 Å². The van der Waals surface area contributed by atoms with Crippen LogP contribution in [-0.2, 0) is 0 Å². The van der Waals surface area contributed by atoms with Gasteiger partial charge in [0.1, 0.15) is 0 Å². The lowest BCUT2D eigenvalue weighted by Gasteiger charge is -2.34. The Morgan fingerprint density at radius 1 is 1.22 bits per heavy atom. The van der Waals surface area contributed by atoms with Crippen LogP contribution >= 0.6 is 23.4 Å². The van der Waals surface area contributed by atoms with Crippen LogP contribution < -0.4 is 5.32 Å². The highest BCUT2D eigenvalue weighted by molar-refractivity contribution is 8.00. The van der Waals surface area contributed by atoms with Crippen LogP contribution in [0.15, 0.2) is 24.3 Å². The molecule has 1 N–H and O–H groups in total. The molecule has 1 aromatic carbocycles. The zero-order valence-electron chi connectivity index (χ0n) is 11.0. The van der Waals surface area contributed by atoms with Crippen molar-refractivity contribution < 1.29 is 0 Å². The molecule has 0 bridgehead atoms. The predicted molar refractivity (Wildman–Crippen MR) is 82.9 cm³/mol. The first kappa shape index (κ1) is 14.0. The summed E-state index contributed by atoms with van der Waals surface area (Å²) in [6.07, 6.45) is 0. The van der Waals surface area contributed by atoms with Gasteiger partial charge in [0.2, 0.25) is 0 Å². The third-order valence-corrected chi connectivity index (χ3v) is 4.58. The van der Waals surface area contributed by atoms with Gasteiger partial charge in [-0.2, -0.15) is 11.8 Å². The van der Waals surface area contributed by atoms with Crippen molar-refractivity contribution in [3.8, 4) is 0 Å². The zero-order valence-corrected chi connectivity index (χ0v) is 12.6. The molecule has 1 aromatic rings. The molecule has 2 nitrogen and oxygen atoms in total. The molecule has 4 heteroatoms. The standard InChI is InChI=1S/C14H21ClN2S/c1-11-9-17(10-12(2)18-11)8-7-16-14-5-3-13(15)4-6-14/h3-6,11-12,16H,7-10H2,1-2H3. The maximum Gasteiger partial charge on any atom is 0.0407 e. The largest absolute Gasteiger partial charge is 0.384 e. The summed E-state index contributed by atoms with van der Waals surface area (Å²) in [4.78, 5) is 2.55. The molecule has 0 saturated carbocycles. The minimum Gasteiger partial charge on any atom is -0.384 e. The Bertz CT molecular complexity index is 359. The van der Waals surface area contributed by atoms with E-state index < -0.39 is 0 Å². The van der Waals surface area contributed by atoms with Crippen LogP contribution in [-0.4, -0.2) is 41.6 Å². The maximum atomic E-state index is 5.86. The first-order valence-electron chi connectivity index (χ1n) is 6.51. The lowest BCUT2D eigenvalue weighted by Crippen LogP contribution is -2.42.